The van der Waals surface area contributed by atoms with E-state index in [1.165, 1.54) is 0 Å². The molecule has 1 saturated heterocycles. The Balaban J connectivity index is 1.46. The van der Waals surface area contributed by atoms with E-state index in [-0.39, 0.29) is 23.9 Å². The quantitative estimate of drug-likeness (QED) is 0.882. The highest BCUT2D eigenvalue weighted by molar-refractivity contribution is 5.89. The maximum absolute atomic E-state index is 11.9. The van der Waals surface area contributed by atoms with Gasteiger partial charge in [-0.2, -0.15) is 0 Å². The number of nitrogens with zero attached hydrogens (tertiary/aromatic N) is 1. The number of hydrogen-bond acceptors (Lipinski definition) is 2. The molecule has 1 aliphatic carbocycles. The minimum Gasteiger partial charge on any atom is -0.340 e. The number of anilines is 1. The lowest BCUT2D eigenvalue weighted by atomic mass is 10.3. The summed E-state index contributed by atoms with van der Waals surface area (Å²) in [6, 6.07) is 9.20. The van der Waals surface area contributed by atoms with Crippen molar-refractivity contribution in [2.24, 2.45) is 5.92 Å². The molecule has 20 heavy (non-hydrogen) atoms. The topological polar surface area (TPSA) is 61.4 Å². The molecule has 2 aliphatic rings. The van der Waals surface area contributed by atoms with Crippen molar-refractivity contribution >= 4 is 17.6 Å². The largest absolute Gasteiger partial charge is 0.340 e. The third-order valence-electron chi connectivity index (χ3n) is 3.79. The molecule has 0 spiro atoms. The van der Waals surface area contributed by atoms with E-state index in [9.17, 15) is 9.59 Å². The lowest BCUT2D eigenvalue weighted by Gasteiger charge is -2.17. The Labute approximate surface area is 118 Å². The van der Waals surface area contributed by atoms with Crippen LogP contribution in [0.3, 0.4) is 0 Å². The molecular weight excluding hydrogens is 254 g/mol. The van der Waals surface area contributed by atoms with E-state index < -0.39 is 0 Å². The SMILES string of the molecule is O=C(Nc1ccccc1)NC1CCN(C(=O)C2CC2)C1. The Bertz CT molecular complexity index is 499. The highest BCUT2D eigenvalue weighted by Gasteiger charge is 2.36. The van der Waals surface area contributed by atoms with Gasteiger partial charge >= 0.3 is 6.03 Å². The first-order valence-corrected chi connectivity index (χ1v) is 7.14. The molecule has 0 aromatic heterocycles. The smallest absolute Gasteiger partial charge is 0.319 e. The molecule has 106 valence electrons. The van der Waals surface area contributed by atoms with Crippen LogP contribution in [0.2, 0.25) is 0 Å². The Morgan fingerprint density at radius 3 is 2.55 bits per heavy atom. The summed E-state index contributed by atoms with van der Waals surface area (Å²) in [7, 11) is 0. The van der Waals surface area contributed by atoms with Crippen molar-refractivity contribution < 1.29 is 9.59 Å². The summed E-state index contributed by atoms with van der Waals surface area (Å²) < 4.78 is 0. The van der Waals surface area contributed by atoms with Crippen molar-refractivity contribution in [1.29, 1.82) is 0 Å². The van der Waals surface area contributed by atoms with Gasteiger partial charge in [-0.15, -0.1) is 0 Å². The van der Waals surface area contributed by atoms with Crippen molar-refractivity contribution in [2.75, 3.05) is 18.4 Å². The molecule has 2 N–H and O–H groups in total. The van der Waals surface area contributed by atoms with Crippen LogP contribution in [-0.2, 0) is 4.79 Å². The number of carbonyl (C=O) groups excluding carboxylic acids is 2. The Hall–Kier alpha value is -2.04. The molecular formula is C15H19N3O2. The first-order chi connectivity index (χ1) is 9.72. The molecule has 0 bridgehead atoms. The zero-order valence-corrected chi connectivity index (χ0v) is 11.3. The van der Waals surface area contributed by atoms with Gasteiger partial charge in [0.25, 0.3) is 0 Å². The monoisotopic (exact) mass is 273 g/mol. The van der Waals surface area contributed by atoms with Crippen LogP contribution in [-0.4, -0.2) is 36.0 Å². The molecule has 1 heterocycles. The second-order valence-corrected chi connectivity index (χ2v) is 5.51. The van der Waals surface area contributed by atoms with Gasteiger partial charge in [-0.05, 0) is 31.4 Å². The number of nitrogens with one attached hydrogen (secondary N) is 2. The van der Waals surface area contributed by atoms with E-state index in [1.807, 2.05) is 35.2 Å². The second-order valence-electron chi connectivity index (χ2n) is 5.51. The van der Waals surface area contributed by atoms with Gasteiger partial charge in [0.15, 0.2) is 0 Å². The third kappa shape index (κ3) is 3.10. The Morgan fingerprint density at radius 1 is 1.10 bits per heavy atom. The molecule has 0 radical (unpaired) electrons. The fraction of sp³-hybridized carbons (Fsp3) is 0.467. The molecule has 1 aromatic rings. The van der Waals surface area contributed by atoms with Crippen LogP contribution in [0.15, 0.2) is 30.3 Å². The predicted molar refractivity (Wildman–Crippen MR) is 76.3 cm³/mol. The minimum absolute atomic E-state index is 0.0569. The zero-order valence-electron chi connectivity index (χ0n) is 11.3. The first-order valence-electron chi connectivity index (χ1n) is 7.14. The van der Waals surface area contributed by atoms with Crippen LogP contribution >= 0.6 is 0 Å². The van der Waals surface area contributed by atoms with Crippen LogP contribution < -0.4 is 10.6 Å². The van der Waals surface area contributed by atoms with Crippen LogP contribution in [0, 0.1) is 5.92 Å². The number of amides is 3. The predicted octanol–water partition coefficient (Wildman–Crippen LogP) is 1.82. The standard InChI is InChI=1S/C15H19N3O2/c19-14(11-6-7-11)18-9-8-13(10-18)17-15(20)16-12-4-2-1-3-5-12/h1-5,11,13H,6-10H2,(H2,16,17,20). The summed E-state index contributed by atoms with van der Waals surface area (Å²) in [4.78, 5) is 25.7. The Morgan fingerprint density at radius 2 is 1.85 bits per heavy atom. The number of likely N-dealkylation sites (tertiary alicyclic amines) is 1. The molecule has 5 heteroatoms. The lowest BCUT2D eigenvalue weighted by molar-refractivity contribution is -0.131. The summed E-state index contributed by atoms with van der Waals surface area (Å²) in [6.07, 6.45) is 2.89. The average Bonchev–Trinajstić information content (AvgIpc) is 3.19. The molecule has 3 rings (SSSR count). The number of rotatable bonds is 3. The second kappa shape index (κ2) is 5.53. The summed E-state index contributed by atoms with van der Waals surface area (Å²) in [5, 5.41) is 5.72. The number of hydrogen-bond donors (Lipinski definition) is 2. The summed E-state index contributed by atoms with van der Waals surface area (Å²) in [6.45, 7) is 1.39. The van der Waals surface area contributed by atoms with Crippen molar-refractivity contribution in [2.45, 2.75) is 25.3 Å². The van der Waals surface area contributed by atoms with Crippen molar-refractivity contribution in [3.63, 3.8) is 0 Å². The first kappa shape index (κ1) is 13.0. The Kier molecular flexibility index (Phi) is 3.58. The van der Waals surface area contributed by atoms with E-state index >= 15 is 0 Å². The fourth-order valence-corrected chi connectivity index (χ4v) is 2.54. The summed E-state index contributed by atoms with van der Waals surface area (Å²) >= 11 is 0. The van der Waals surface area contributed by atoms with Gasteiger partial charge in [-0.1, -0.05) is 18.2 Å². The maximum atomic E-state index is 11.9. The molecule has 3 amide bonds. The molecule has 5 nitrogen and oxygen atoms in total. The molecule has 2 fully saturated rings. The van der Waals surface area contributed by atoms with E-state index in [1.54, 1.807) is 0 Å². The van der Waals surface area contributed by atoms with E-state index in [0.717, 1.165) is 31.5 Å². The van der Waals surface area contributed by atoms with Crippen molar-refractivity contribution in [1.82, 2.24) is 10.2 Å². The van der Waals surface area contributed by atoms with Crippen molar-refractivity contribution in [3.8, 4) is 0 Å². The van der Waals surface area contributed by atoms with Crippen LogP contribution in [0.1, 0.15) is 19.3 Å². The van der Waals surface area contributed by atoms with E-state index in [4.69, 9.17) is 0 Å². The van der Waals surface area contributed by atoms with Gasteiger partial charge in [0.05, 0.1) is 0 Å². The van der Waals surface area contributed by atoms with Gasteiger partial charge in [0, 0.05) is 30.7 Å². The molecule has 1 unspecified atom stereocenters. The number of urea groups is 1. The van der Waals surface area contributed by atoms with Gasteiger partial charge in [0.1, 0.15) is 0 Å². The zero-order chi connectivity index (χ0) is 13.9. The van der Waals surface area contributed by atoms with Crippen molar-refractivity contribution in [3.05, 3.63) is 30.3 Å². The van der Waals surface area contributed by atoms with Gasteiger partial charge in [0.2, 0.25) is 5.91 Å². The van der Waals surface area contributed by atoms with Crippen LogP contribution in [0.4, 0.5) is 10.5 Å². The summed E-state index contributed by atoms with van der Waals surface area (Å²) in [5.74, 6) is 0.518. The minimum atomic E-state index is -0.207. The molecule has 1 atom stereocenters. The lowest BCUT2D eigenvalue weighted by Crippen LogP contribution is -2.40. The molecule has 1 aromatic carbocycles. The average molecular weight is 273 g/mol. The third-order valence-corrected chi connectivity index (χ3v) is 3.79. The van der Waals surface area contributed by atoms with Crippen LogP contribution in [0.25, 0.3) is 0 Å². The van der Waals surface area contributed by atoms with Crippen LogP contribution in [0.5, 0.6) is 0 Å². The maximum Gasteiger partial charge on any atom is 0.319 e. The molecule has 1 aliphatic heterocycles. The highest BCUT2D eigenvalue weighted by atomic mass is 16.2. The van der Waals surface area contributed by atoms with Gasteiger partial charge in [-0.25, -0.2) is 4.79 Å². The number of carbonyl (C=O) groups is 2. The van der Waals surface area contributed by atoms with Gasteiger partial charge < -0.3 is 15.5 Å². The molecule has 1 saturated carbocycles. The number of benzene rings is 1. The highest BCUT2D eigenvalue weighted by Crippen LogP contribution is 2.32. The fourth-order valence-electron chi connectivity index (χ4n) is 2.54. The van der Waals surface area contributed by atoms with Gasteiger partial charge in [-0.3, -0.25) is 4.79 Å². The van der Waals surface area contributed by atoms with E-state index in [0.29, 0.717) is 6.54 Å². The summed E-state index contributed by atoms with van der Waals surface area (Å²) in [5.41, 5.74) is 0.772. The number of para-hydroxylation sites is 1. The van der Waals surface area contributed by atoms with E-state index in [2.05, 4.69) is 10.6 Å². The normalized spacial score (nSPS) is 21.6.